The zero-order chi connectivity index (χ0) is 11.5. The highest BCUT2D eigenvalue weighted by Gasteiger charge is 2.07. The first-order valence-electron chi connectivity index (χ1n) is 4.25. The number of carbonyl (C=O) groups is 2. The second-order valence-electron chi connectivity index (χ2n) is 2.81. The predicted molar refractivity (Wildman–Crippen MR) is 52.2 cm³/mol. The molecule has 0 bridgehead atoms. The van der Waals surface area contributed by atoms with Gasteiger partial charge in [-0.1, -0.05) is 0 Å². The van der Waals surface area contributed by atoms with E-state index in [2.05, 4.69) is 25.2 Å². The Morgan fingerprint density at radius 3 is 3.06 bits per heavy atom. The lowest BCUT2D eigenvalue weighted by molar-refractivity contribution is 0.111. The van der Waals surface area contributed by atoms with Crippen LogP contribution in [0.15, 0.2) is 12.4 Å². The molecule has 2 aromatic heterocycles. The Hall–Kier alpha value is -2.51. The molecule has 1 amide bonds. The number of carbonyl (C=O) groups excluding carboxylic acids is 2. The number of methoxy groups -OCH3 is 1. The molecule has 0 saturated carbocycles. The van der Waals surface area contributed by atoms with Crippen molar-refractivity contribution in [3.05, 3.63) is 18.2 Å². The minimum Gasteiger partial charge on any atom is -0.453 e. The minimum atomic E-state index is -0.623. The average molecular weight is 221 g/mol. The number of rotatable bonds is 2. The van der Waals surface area contributed by atoms with Gasteiger partial charge in [0.2, 0.25) is 5.82 Å². The van der Waals surface area contributed by atoms with Crippen molar-refractivity contribution < 1.29 is 14.3 Å². The van der Waals surface area contributed by atoms with Gasteiger partial charge in [-0.15, -0.1) is 10.2 Å². The Labute approximate surface area is 89.3 Å². The van der Waals surface area contributed by atoms with Crippen molar-refractivity contribution >= 4 is 23.8 Å². The topological polar surface area (TPSA) is 98.5 Å². The van der Waals surface area contributed by atoms with E-state index in [0.717, 1.165) is 0 Å². The zero-order valence-electron chi connectivity index (χ0n) is 8.25. The van der Waals surface area contributed by atoms with Crippen LogP contribution in [0.5, 0.6) is 0 Å². The third-order valence-electron chi connectivity index (χ3n) is 1.83. The second kappa shape index (κ2) is 3.93. The largest absolute Gasteiger partial charge is 0.453 e. The molecule has 1 N–H and O–H groups in total. The SMILES string of the molecule is COC(=O)Nc1cnc2nnc(C=O)n2c1. The summed E-state index contributed by atoms with van der Waals surface area (Å²) < 4.78 is 5.78. The Morgan fingerprint density at radius 1 is 1.56 bits per heavy atom. The summed E-state index contributed by atoms with van der Waals surface area (Å²) in [6.45, 7) is 0. The summed E-state index contributed by atoms with van der Waals surface area (Å²) in [7, 11) is 1.25. The van der Waals surface area contributed by atoms with Gasteiger partial charge in [0.1, 0.15) is 0 Å². The van der Waals surface area contributed by atoms with Gasteiger partial charge in [0.05, 0.1) is 19.0 Å². The van der Waals surface area contributed by atoms with Gasteiger partial charge in [-0.2, -0.15) is 0 Å². The molecular formula is C8H7N5O3. The molecule has 0 atom stereocenters. The quantitative estimate of drug-likeness (QED) is 0.723. The maximum absolute atomic E-state index is 10.9. The number of aromatic nitrogens is 4. The van der Waals surface area contributed by atoms with Crippen LogP contribution in [0.25, 0.3) is 5.78 Å². The Morgan fingerprint density at radius 2 is 2.38 bits per heavy atom. The van der Waals surface area contributed by atoms with Crippen LogP contribution in [0.2, 0.25) is 0 Å². The first-order chi connectivity index (χ1) is 7.74. The maximum atomic E-state index is 10.9. The number of anilines is 1. The molecule has 82 valence electrons. The van der Waals surface area contributed by atoms with E-state index < -0.39 is 6.09 Å². The van der Waals surface area contributed by atoms with E-state index in [1.165, 1.54) is 23.9 Å². The molecule has 0 aromatic carbocycles. The molecule has 0 saturated heterocycles. The van der Waals surface area contributed by atoms with Crippen molar-refractivity contribution in [1.29, 1.82) is 0 Å². The number of hydrogen-bond acceptors (Lipinski definition) is 6. The molecule has 0 aliphatic heterocycles. The maximum Gasteiger partial charge on any atom is 0.411 e. The van der Waals surface area contributed by atoms with Crippen molar-refractivity contribution in [2.45, 2.75) is 0 Å². The molecule has 2 rings (SSSR count). The van der Waals surface area contributed by atoms with E-state index in [1.807, 2.05) is 0 Å². The van der Waals surface area contributed by atoms with E-state index in [4.69, 9.17) is 0 Å². The summed E-state index contributed by atoms with van der Waals surface area (Å²) >= 11 is 0. The number of amides is 1. The molecule has 0 spiro atoms. The van der Waals surface area contributed by atoms with Crippen LogP contribution in [-0.2, 0) is 4.74 Å². The summed E-state index contributed by atoms with van der Waals surface area (Å²) in [5.74, 6) is 0.383. The monoisotopic (exact) mass is 221 g/mol. The van der Waals surface area contributed by atoms with Gasteiger partial charge in [-0.3, -0.25) is 14.5 Å². The van der Waals surface area contributed by atoms with E-state index >= 15 is 0 Å². The molecule has 0 aliphatic rings. The van der Waals surface area contributed by atoms with Crippen molar-refractivity contribution in [2.24, 2.45) is 0 Å². The molecule has 2 heterocycles. The van der Waals surface area contributed by atoms with E-state index in [1.54, 1.807) is 0 Å². The fourth-order valence-corrected chi connectivity index (χ4v) is 1.12. The van der Waals surface area contributed by atoms with Gasteiger partial charge in [0.25, 0.3) is 5.78 Å². The van der Waals surface area contributed by atoms with Crippen molar-refractivity contribution in [2.75, 3.05) is 12.4 Å². The first kappa shape index (κ1) is 10.0. The Bertz CT molecular complexity index is 550. The van der Waals surface area contributed by atoms with Crippen molar-refractivity contribution in [3.8, 4) is 0 Å². The molecule has 0 radical (unpaired) electrons. The van der Waals surface area contributed by atoms with Crippen LogP contribution in [0.1, 0.15) is 10.6 Å². The van der Waals surface area contributed by atoms with Gasteiger partial charge >= 0.3 is 6.09 Å². The highest BCUT2D eigenvalue weighted by Crippen LogP contribution is 2.07. The van der Waals surface area contributed by atoms with Gasteiger partial charge in [0, 0.05) is 6.20 Å². The molecule has 8 heteroatoms. The lowest BCUT2D eigenvalue weighted by atomic mass is 10.5. The van der Waals surface area contributed by atoms with Crippen LogP contribution in [0.4, 0.5) is 10.5 Å². The predicted octanol–water partition coefficient (Wildman–Crippen LogP) is 0.115. The molecule has 16 heavy (non-hydrogen) atoms. The van der Waals surface area contributed by atoms with Gasteiger partial charge in [-0.05, 0) is 0 Å². The van der Waals surface area contributed by atoms with Crippen LogP contribution in [-0.4, -0.2) is 39.1 Å². The fraction of sp³-hybridized carbons (Fsp3) is 0.125. The van der Waals surface area contributed by atoms with Gasteiger partial charge < -0.3 is 4.74 Å². The molecule has 0 aliphatic carbocycles. The Balaban J connectivity index is 2.41. The van der Waals surface area contributed by atoms with Crippen LogP contribution in [0.3, 0.4) is 0 Å². The van der Waals surface area contributed by atoms with Crippen LogP contribution < -0.4 is 5.32 Å². The summed E-state index contributed by atoms with van der Waals surface area (Å²) in [5, 5.41) is 9.66. The highest BCUT2D eigenvalue weighted by molar-refractivity contribution is 5.84. The van der Waals surface area contributed by atoms with Crippen LogP contribution >= 0.6 is 0 Å². The normalized spacial score (nSPS) is 10.1. The molecule has 0 unspecified atom stereocenters. The fourth-order valence-electron chi connectivity index (χ4n) is 1.12. The standard InChI is InChI=1S/C8H7N5O3/c1-16-8(15)10-5-2-9-7-12-11-6(4-14)13(7)3-5/h2-4H,1H3,(H,10,15). The second-order valence-corrected chi connectivity index (χ2v) is 2.81. The highest BCUT2D eigenvalue weighted by atomic mass is 16.5. The van der Waals surface area contributed by atoms with Crippen molar-refractivity contribution in [3.63, 3.8) is 0 Å². The molecule has 0 fully saturated rings. The number of ether oxygens (including phenoxy) is 1. The summed E-state index contributed by atoms with van der Waals surface area (Å²) in [4.78, 5) is 25.4. The summed E-state index contributed by atoms with van der Waals surface area (Å²) in [5.41, 5.74) is 0.377. The summed E-state index contributed by atoms with van der Waals surface area (Å²) in [6, 6.07) is 0. The zero-order valence-corrected chi connectivity index (χ0v) is 8.25. The van der Waals surface area contributed by atoms with E-state index in [-0.39, 0.29) is 11.6 Å². The van der Waals surface area contributed by atoms with E-state index in [0.29, 0.717) is 12.0 Å². The minimum absolute atomic E-state index is 0.107. The number of nitrogens with zero attached hydrogens (tertiary/aromatic N) is 4. The first-order valence-corrected chi connectivity index (χ1v) is 4.25. The number of fused-ring (bicyclic) bond motifs is 1. The van der Waals surface area contributed by atoms with E-state index in [9.17, 15) is 9.59 Å². The lowest BCUT2D eigenvalue weighted by Gasteiger charge is -2.02. The third-order valence-corrected chi connectivity index (χ3v) is 1.83. The average Bonchev–Trinajstić information content (AvgIpc) is 2.71. The van der Waals surface area contributed by atoms with Crippen LogP contribution in [0, 0.1) is 0 Å². The number of nitrogens with one attached hydrogen (secondary N) is 1. The molecule has 8 nitrogen and oxygen atoms in total. The number of hydrogen-bond donors (Lipinski definition) is 1. The third kappa shape index (κ3) is 1.67. The Kier molecular flexibility index (Phi) is 2.46. The van der Waals surface area contributed by atoms with Gasteiger partial charge in [-0.25, -0.2) is 9.78 Å². The molecular weight excluding hydrogens is 214 g/mol. The smallest absolute Gasteiger partial charge is 0.411 e. The molecule has 2 aromatic rings. The lowest BCUT2D eigenvalue weighted by Crippen LogP contribution is -2.12. The summed E-state index contributed by atoms with van der Waals surface area (Å²) in [6.07, 6.45) is 2.78. The van der Waals surface area contributed by atoms with Crippen molar-refractivity contribution in [1.82, 2.24) is 19.6 Å². The number of aldehydes is 1. The van der Waals surface area contributed by atoms with Gasteiger partial charge in [0.15, 0.2) is 6.29 Å².